The first-order valence-electron chi connectivity index (χ1n) is 11.0. The maximum Gasteiger partial charge on any atom is 0.244 e. The van der Waals surface area contributed by atoms with Crippen molar-refractivity contribution in [3.63, 3.8) is 0 Å². The lowest BCUT2D eigenvalue weighted by molar-refractivity contribution is 0.403. The van der Waals surface area contributed by atoms with Crippen LogP contribution in [0.25, 0.3) is 16.8 Å². The van der Waals surface area contributed by atoms with Crippen LogP contribution in [0.3, 0.4) is 0 Å². The van der Waals surface area contributed by atoms with Crippen molar-refractivity contribution in [3.05, 3.63) is 113 Å². The molecule has 0 atom stereocenters. The highest BCUT2D eigenvalue weighted by Crippen LogP contribution is 2.26. The molecular weight excluding hydrogens is 466 g/mol. The van der Waals surface area contributed by atoms with Crippen molar-refractivity contribution >= 4 is 38.5 Å². The lowest BCUT2D eigenvalue weighted by atomic mass is 10.2. The summed E-state index contributed by atoms with van der Waals surface area (Å²) in [5.41, 5.74) is 2.00. The summed E-state index contributed by atoms with van der Waals surface area (Å²) >= 11 is 5.92. The maximum atomic E-state index is 13.7. The molecule has 1 aromatic heterocycles. The number of aromatic nitrogens is 1. The van der Waals surface area contributed by atoms with Gasteiger partial charge in [-0.15, -0.1) is 0 Å². The smallest absolute Gasteiger partial charge is 0.244 e. The highest BCUT2D eigenvalue weighted by Gasteiger charge is 2.26. The van der Waals surface area contributed by atoms with E-state index < -0.39 is 10.0 Å². The fraction of sp³-hybridized carbons (Fsp3) is 0.148. The first-order chi connectivity index (χ1) is 16.5. The van der Waals surface area contributed by atoms with Gasteiger partial charge in [0.15, 0.2) is 0 Å². The van der Waals surface area contributed by atoms with E-state index in [1.165, 1.54) is 4.31 Å². The van der Waals surface area contributed by atoms with Crippen LogP contribution in [-0.2, 0) is 16.6 Å². The summed E-state index contributed by atoms with van der Waals surface area (Å²) in [6, 6.07) is 24.3. The predicted octanol–water partition coefficient (Wildman–Crippen LogP) is 5.38. The number of halogens is 1. The van der Waals surface area contributed by atoms with Gasteiger partial charge in [0.2, 0.25) is 10.0 Å². The van der Waals surface area contributed by atoms with Gasteiger partial charge in [-0.2, -0.15) is 4.31 Å². The number of benzene rings is 3. The molecule has 34 heavy (non-hydrogen) atoms. The molecule has 7 heteroatoms. The van der Waals surface area contributed by atoms with Crippen molar-refractivity contribution < 1.29 is 8.42 Å². The molecule has 0 spiro atoms. The van der Waals surface area contributed by atoms with Crippen LogP contribution in [0.1, 0.15) is 11.1 Å². The van der Waals surface area contributed by atoms with Crippen molar-refractivity contribution in [2.24, 2.45) is 0 Å². The number of fused-ring (bicyclic) bond motifs is 1. The van der Waals surface area contributed by atoms with Crippen molar-refractivity contribution in [1.29, 1.82) is 0 Å². The van der Waals surface area contributed by atoms with E-state index in [1.54, 1.807) is 30.6 Å². The van der Waals surface area contributed by atoms with Crippen LogP contribution < -0.4 is 5.32 Å². The normalized spacial score (nSPS) is 12.1. The molecule has 4 aromatic rings. The Labute approximate surface area is 205 Å². The minimum absolute atomic E-state index is 0.297. The van der Waals surface area contributed by atoms with Crippen LogP contribution in [0.5, 0.6) is 0 Å². The summed E-state index contributed by atoms with van der Waals surface area (Å²) in [4.78, 5) is 4.42. The Balaban J connectivity index is 1.48. The van der Waals surface area contributed by atoms with Gasteiger partial charge in [-0.25, -0.2) is 8.42 Å². The molecular formula is C27H26ClN3O2S. The molecule has 0 aliphatic carbocycles. The number of hydrogen-bond donors (Lipinski definition) is 1. The molecule has 4 rings (SSSR count). The summed E-state index contributed by atoms with van der Waals surface area (Å²) in [6.07, 6.45) is 7.32. The minimum Gasteiger partial charge on any atom is -0.312 e. The summed E-state index contributed by atoms with van der Waals surface area (Å²) in [5.74, 6) is 0. The molecule has 0 saturated heterocycles. The van der Waals surface area contributed by atoms with E-state index in [2.05, 4.69) is 10.3 Å². The molecule has 1 N–H and O–H groups in total. The van der Waals surface area contributed by atoms with Crippen LogP contribution in [0.15, 0.2) is 102 Å². The van der Waals surface area contributed by atoms with Gasteiger partial charge in [0, 0.05) is 54.4 Å². The Morgan fingerprint density at radius 3 is 2.53 bits per heavy atom. The molecule has 1 heterocycles. The van der Waals surface area contributed by atoms with Crippen LogP contribution in [0, 0.1) is 0 Å². The van der Waals surface area contributed by atoms with E-state index in [-0.39, 0.29) is 0 Å². The van der Waals surface area contributed by atoms with Crippen molar-refractivity contribution in [3.8, 4) is 0 Å². The third kappa shape index (κ3) is 6.10. The largest absolute Gasteiger partial charge is 0.312 e. The summed E-state index contributed by atoms with van der Waals surface area (Å²) in [6.45, 7) is 1.78. The van der Waals surface area contributed by atoms with E-state index in [0.717, 1.165) is 16.5 Å². The maximum absolute atomic E-state index is 13.7. The number of rotatable bonds is 10. The molecule has 174 valence electrons. The zero-order chi connectivity index (χ0) is 23.8. The molecule has 0 fully saturated rings. The minimum atomic E-state index is -3.73. The van der Waals surface area contributed by atoms with Gasteiger partial charge in [-0.1, -0.05) is 78.4 Å². The van der Waals surface area contributed by atoms with Gasteiger partial charge in [-0.05, 0) is 35.4 Å². The van der Waals surface area contributed by atoms with Crippen molar-refractivity contribution in [2.45, 2.75) is 11.4 Å². The number of pyridine rings is 1. The third-order valence-electron chi connectivity index (χ3n) is 5.44. The standard InChI is InChI=1S/C27H26ClN3O2S/c28-25-13-11-22(12-14-25)8-5-16-29-18-19-31(21-23-6-2-1-3-7-23)34(32,33)27-10-4-9-24-20-30-17-15-26(24)27/h1-15,17,20,29H,16,18-19,21H2. The summed E-state index contributed by atoms with van der Waals surface area (Å²) in [7, 11) is -3.73. The zero-order valence-electron chi connectivity index (χ0n) is 18.6. The second-order valence-electron chi connectivity index (χ2n) is 7.84. The van der Waals surface area contributed by atoms with Crippen LogP contribution in [-0.4, -0.2) is 37.3 Å². The van der Waals surface area contributed by atoms with Gasteiger partial charge in [0.05, 0.1) is 4.90 Å². The fourth-order valence-corrected chi connectivity index (χ4v) is 5.46. The fourth-order valence-electron chi connectivity index (χ4n) is 3.69. The van der Waals surface area contributed by atoms with E-state index >= 15 is 0 Å². The van der Waals surface area contributed by atoms with E-state index in [0.29, 0.717) is 41.5 Å². The monoisotopic (exact) mass is 491 g/mol. The third-order valence-corrected chi connectivity index (χ3v) is 7.60. The quantitative estimate of drug-likeness (QED) is 0.302. The lowest BCUT2D eigenvalue weighted by Crippen LogP contribution is -2.36. The summed E-state index contributed by atoms with van der Waals surface area (Å²) < 4.78 is 29.0. The zero-order valence-corrected chi connectivity index (χ0v) is 20.2. The Kier molecular flexibility index (Phi) is 8.08. The van der Waals surface area contributed by atoms with Crippen molar-refractivity contribution in [1.82, 2.24) is 14.6 Å². The number of hydrogen-bond acceptors (Lipinski definition) is 4. The SMILES string of the molecule is O=S(=O)(c1cccc2cnccc12)N(CCNCC=Cc1ccc(Cl)cc1)Cc1ccccc1. The average molecular weight is 492 g/mol. The Bertz CT molecular complexity index is 1350. The second kappa shape index (κ2) is 11.4. The molecule has 0 saturated carbocycles. The average Bonchev–Trinajstić information content (AvgIpc) is 2.86. The van der Waals surface area contributed by atoms with Crippen LogP contribution >= 0.6 is 11.6 Å². The van der Waals surface area contributed by atoms with Crippen LogP contribution in [0.2, 0.25) is 5.02 Å². The first-order valence-corrected chi connectivity index (χ1v) is 12.9. The van der Waals surface area contributed by atoms with E-state index in [1.807, 2.05) is 72.8 Å². The Morgan fingerprint density at radius 2 is 1.74 bits per heavy atom. The Morgan fingerprint density at radius 1 is 0.941 bits per heavy atom. The topological polar surface area (TPSA) is 62.3 Å². The molecule has 0 aliphatic rings. The lowest BCUT2D eigenvalue weighted by Gasteiger charge is -2.23. The number of sulfonamides is 1. The van der Waals surface area contributed by atoms with Crippen molar-refractivity contribution in [2.75, 3.05) is 19.6 Å². The van der Waals surface area contributed by atoms with Gasteiger partial charge in [0.25, 0.3) is 0 Å². The molecule has 0 amide bonds. The summed E-state index contributed by atoms with van der Waals surface area (Å²) in [5, 5.41) is 5.50. The van der Waals surface area contributed by atoms with Gasteiger partial charge >= 0.3 is 0 Å². The molecule has 3 aromatic carbocycles. The number of nitrogens with zero attached hydrogens (tertiary/aromatic N) is 2. The predicted molar refractivity (Wildman–Crippen MR) is 139 cm³/mol. The first kappa shape index (κ1) is 24.1. The van der Waals surface area contributed by atoms with Gasteiger partial charge in [0.1, 0.15) is 0 Å². The van der Waals surface area contributed by atoms with E-state index in [9.17, 15) is 8.42 Å². The van der Waals surface area contributed by atoms with E-state index in [4.69, 9.17) is 11.6 Å². The van der Waals surface area contributed by atoms with Gasteiger partial charge < -0.3 is 5.32 Å². The number of nitrogens with one attached hydrogen (secondary N) is 1. The molecule has 0 aliphatic heterocycles. The van der Waals surface area contributed by atoms with Gasteiger partial charge in [-0.3, -0.25) is 4.98 Å². The molecule has 0 unspecified atom stereocenters. The molecule has 0 bridgehead atoms. The molecule has 0 radical (unpaired) electrons. The molecule has 5 nitrogen and oxygen atoms in total. The Hall–Kier alpha value is -3.03. The highest BCUT2D eigenvalue weighted by molar-refractivity contribution is 7.89. The second-order valence-corrected chi connectivity index (χ2v) is 10.2. The van der Waals surface area contributed by atoms with Crippen LogP contribution in [0.4, 0.5) is 0 Å². The highest BCUT2D eigenvalue weighted by atomic mass is 35.5.